The smallest absolute Gasteiger partial charge is 0.345 e. The van der Waals surface area contributed by atoms with Gasteiger partial charge in [0, 0.05) is 11.4 Å². The van der Waals surface area contributed by atoms with Crippen molar-refractivity contribution in [2.75, 3.05) is 6.54 Å². The van der Waals surface area contributed by atoms with Gasteiger partial charge in [-0.05, 0) is 12.1 Å². The van der Waals surface area contributed by atoms with Crippen molar-refractivity contribution >= 4 is 17.3 Å². The van der Waals surface area contributed by atoms with E-state index in [0.29, 0.717) is 4.88 Å². The van der Waals surface area contributed by atoms with Crippen LogP contribution in [-0.4, -0.2) is 33.9 Å². The molecule has 0 aliphatic heterocycles. The highest BCUT2D eigenvalue weighted by Gasteiger charge is 2.19. The highest BCUT2D eigenvalue weighted by atomic mass is 32.1. The van der Waals surface area contributed by atoms with Gasteiger partial charge in [0.05, 0.1) is 6.10 Å². The highest BCUT2D eigenvalue weighted by Crippen LogP contribution is 2.25. The van der Waals surface area contributed by atoms with E-state index >= 15 is 0 Å². The second kappa shape index (κ2) is 4.52. The zero-order chi connectivity index (χ0) is 10.7. The third-order valence-electron chi connectivity index (χ3n) is 1.74. The molecule has 0 radical (unpaired) electrons. The van der Waals surface area contributed by atoms with Gasteiger partial charge in [0.25, 0.3) is 0 Å². The molecule has 78 valence electrons. The predicted molar refractivity (Wildman–Crippen MR) is 51.3 cm³/mol. The monoisotopic (exact) mass is 217 g/mol. The predicted octanol–water partition coefficient (Wildman–Crippen LogP) is -0.201. The van der Waals surface area contributed by atoms with Crippen molar-refractivity contribution in [3.63, 3.8) is 0 Å². The minimum absolute atomic E-state index is 0.0680. The lowest BCUT2D eigenvalue weighted by atomic mass is 10.2. The lowest BCUT2D eigenvalue weighted by Crippen LogP contribution is -2.26. The summed E-state index contributed by atoms with van der Waals surface area (Å²) in [5, 5.41) is 27.3. The van der Waals surface area contributed by atoms with Crippen LogP contribution in [0.25, 0.3) is 0 Å². The van der Waals surface area contributed by atoms with Crippen molar-refractivity contribution in [2.24, 2.45) is 5.73 Å². The Balaban J connectivity index is 2.81. The van der Waals surface area contributed by atoms with Crippen LogP contribution in [-0.2, 0) is 0 Å². The van der Waals surface area contributed by atoms with Crippen LogP contribution in [0.3, 0.4) is 0 Å². The van der Waals surface area contributed by atoms with Gasteiger partial charge in [0.15, 0.2) is 0 Å². The van der Waals surface area contributed by atoms with E-state index in [1.165, 1.54) is 12.1 Å². The van der Waals surface area contributed by atoms with Crippen molar-refractivity contribution in [3.05, 3.63) is 21.9 Å². The molecule has 5 N–H and O–H groups in total. The SMILES string of the molecule is NCC(O)C(O)c1ccc(C(=O)O)s1. The molecule has 5 nitrogen and oxygen atoms in total. The fraction of sp³-hybridized carbons (Fsp3) is 0.375. The molecule has 2 atom stereocenters. The van der Waals surface area contributed by atoms with Gasteiger partial charge in [-0.3, -0.25) is 0 Å². The summed E-state index contributed by atoms with van der Waals surface area (Å²) in [4.78, 5) is 11.0. The molecule has 1 heterocycles. The Morgan fingerprint density at radius 1 is 1.50 bits per heavy atom. The fourth-order valence-corrected chi connectivity index (χ4v) is 1.84. The lowest BCUT2D eigenvalue weighted by Gasteiger charge is -2.13. The average molecular weight is 217 g/mol. The second-order valence-corrected chi connectivity index (χ2v) is 3.87. The van der Waals surface area contributed by atoms with Gasteiger partial charge in [-0.25, -0.2) is 4.79 Å². The number of thiophene rings is 1. The maximum Gasteiger partial charge on any atom is 0.345 e. The van der Waals surface area contributed by atoms with Gasteiger partial charge in [-0.1, -0.05) is 0 Å². The van der Waals surface area contributed by atoms with Crippen molar-refractivity contribution in [2.45, 2.75) is 12.2 Å². The van der Waals surface area contributed by atoms with E-state index in [0.717, 1.165) is 11.3 Å². The molecule has 1 rings (SSSR count). The molecule has 0 fully saturated rings. The van der Waals surface area contributed by atoms with E-state index in [1.54, 1.807) is 0 Å². The molecule has 0 bridgehead atoms. The highest BCUT2D eigenvalue weighted by molar-refractivity contribution is 7.14. The largest absolute Gasteiger partial charge is 0.477 e. The zero-order valence-electron chi connectivity index (χ0n) is 7.25. The molecule has 0 saturated heterocycles. The number of hydrogen-bond acceptors (Lipinski definition) is 5. The summed E-state index contributed by atoms with van der Waals surface area (Å²) in [6.45, 7) is -0.0680. The molecule has 14 heavy (non-hydrogen) atoms. The van der Waals surface area contributed by atoms with E-state index in [2.05, 4.69) is 0 Å². The Bertz CT molecular complexity index is 325. The molecule has 0 spiro atoms. The van der Waals surface area contributed by atoms with Crippen molar-refractivity contribution < 1.29 is 20.1 Å². The van der Waals surface area contributed by atoms with Gasteiger partial charge in [0.2, 0.25) is 0 Å². The third-order valence-corrected chi connectivity index (χ3v) is 2.88. The molecule has 2 unspecified atom stereocenters. The van der Waals surface area contributed by atoms with Gasteiger partial charge < -0.3 is 21.1 Å². The zero-order valence-corrected chi connectivity index (χ0v) is 8.07. The van der Waals surface area contributed by atoms with Crippen LogP contribution < -0.4 is 5.73 Å². The quantitative estimate of drug-likeness (QED) is 0.559. The van der Waals surface area contributed by atoms with Crippen LogP contribution >= 0.6 is 11.3 Å². The molecule has 0 aliphatic rings. The van der Waals surface area contributed by atoms with Crippen LogP contribution in [0.1, 0.15) is 20.7 Å². The van der Waals surface area contributed by atoms with E-state index in [9.17, 15) is 15.0 Å². The van der Waals surface area contributed by atoms with E-state index in [-0.39, 0.29) is 11.4 Å². The Hall–Kier alpha value is -0.950. The van der Waals surface area contributed by atoms with Crippen LogP contribution in [0.5, 0.6) is 0 Å². The number of carbonyl (C=O) groups is 1. The van der Waals surface area contributed by atoms with Crippen molar-refractivity contribution in [3.8, 4) is 0 Å². The number of carboxylic acid groups (broad SMARTS) is 1. The van der Waals surface area contributed by atoms with E-state index in [1.807, 2.05) is 0 Å². The van der Waals surface area contributed by atoms with Crippen LogP contribution in [0.2, 0.25) is 0 Å². The standard InChI is InChI=1S/C8H11NO4S/c9-3-4(10)7(11)5-1-2-6(14-5)8(12)13/h1-2,4,7,10-11H,3,9H2,(H,12,13). The second-order valence-electron chi connectivity index (χ2n) is 2.76. The summed E-state index contributed by atoms with van der Waals surface area (Å²) in [7, 11) is 0. The molecule has 1 aromatic rings. The molecular formula is C8H11NO4S. The van der Waals surface area contributed by atoms with Gasteiger partial charge in [-0.15, -0.1) is 11.3 Å². The summed E-state index contributed by atoms with van der Waals surface area (Å²) in [6.07, 6.45) is -2.17. The van der Waals surface area contributed by atoms with Gasteiger partial charge >= 0.3 is 5.97 Å². The Kier molecular flexibility index (Phi) is 3.59. The Morgan fingerprint density at radius 2 is 2.14 bits per heavy atom. The molecular weight excluding hydrogens is 206 g/mol. The first kappa shape index (κ1) is 11.1. The molecule has 0 aromatic carbocycles. The molecule has 0 amide bonds. The normalized spacial score (nSPS) is 15.1. The third kappa shape index (κ3) is 2.30. The molecule has 6 heteroatoms. The summed E-state index contributed by atoms with van der Waals surface area (Å²) >= 11 is 0.928. The van der Waals surface area contributed by atoms with Crippen molar-refractivity contribution in [1.82, 2.24) is 0 Å². The lowest BCUT2D eigenvalue weighted by molar-refractivity contribution is 0.0265. The fourth-order valence-electron chi connectivity index (χ4n) is 0.945. The topological polar surface area (TPSA) is 104 Å². The van der Waals surface area contributed by atoms with E-state index in [4.69, 9.17) is 10.8 Å². The minimum atomic E-state index is -1.11. The summed E-state index contributed by atoms with van der Waals surface area (Å²) < 4.78 is 0. The maximum atomic E-state index is 10.5. The first-order valence-corrected chi connectivity index (χ1v) is 4.77. The van der Waals surface area contributed by atoms with Crippen molar-refractivity contribution in [1.29, 1.82) is 0 Å². The number of carboxylic acids is 1. The minimum Gasteiger partial charge on any atom is -0.477 e. The molecule has 0 aliphatic carbocycles. The summed E-state index contributed by atoms with van der Waals surface area (Å²) in [6, 6.07) is 2.85. The summed E-state index contributed by atoms with van der Waals surface area (Å²) in [5.41, 5.74) is 5.16. The Morgan fingerprint density at radius 3 is 2.57 bits per heavy atom. The summed E-state index contributed by atoms with van der Waals surface area (Å²) in [5.74, 6) is -1.05. The molecule has 1 aromatic heterocycles. The maximum absolute atomic E-state index is 10.5. The first-order chi connectivity index (χ1) is 6.56. The number of aliphatic hydroxyl groups is 2. The first-order valence-electron chi connectivity index (χ1n) is 3.95. The number of rotatable bonds is 4. The number of aromatic carboxylic acids is 1. The van der Waals surface area contributed by atoms with E-state index < -0.39 is 18.2 Å². The average Bonchev–Trinajstić information content (AvgIpc) is 2.64. The number of aliphatic hydroxyl groups excluding tert-OH is 2. The number of hydrogen-bond donors (Lipinski definition) is 4. The van der Waals surface area contributed by atoms with Gasteiger partial charge in [-0.2, -0.15) is 0 Å². The number of nitrogens with two attached hydrogens (primary N) is 1. The Labute approximate surface area is 84.4 Å². The van der Waals surface area contributed by atoms with Gasteiger partial charge in [0.1, 0.15) is 11.0 Å². The molecule has 0 saturated carbocycles. The van der Waals surface area contributed by atoms with Crippen LogP contribution in [0.4, 0.5) is 0 Å². The van der Waals surface area contributed by atoms with Crippen LogP contribution in [0.15, 0.2) is 12.1 Å². The van der Waals surface area contributed by atoms with Crippen LogP contribution in [0, 0.1) is 0 Å².